The Balaban J connectivity index is 0.00000243. The van der Waals surface area contributed by atoms with Gasteiger partial charge < -0.3 is 33.2 Å². The van der Waals surface area contributed by atoms with Gasteiger partial charge in [0.2, 0.25) is 0 Å². The van der Waals surface area contributed by atoms with Gasteiger partial charge in [-0.15, -0.1) is 0 Å². The largest absolute Gasteiger partial charge is 1.00 e. The maximum absolute atomic E-state index is 6.36. The normalized spacial score (nSPS) is 23.7. The number of ether oxygens (including phenoxy) is 1. The van der Waals surface area contributed by atoms with Crippen LogP contribution in [0.4, 0.5) is 0 Å². The number of hydrogen-bond acceptors (Lipinski definition) is 1. The van der Waals surface area contributed by atoms with Gasteiger partial charge in [-0.05, 0) is 43.9 Å². The van der Waals surface area contributed by atoms with Crippen LogP contribution in [0.25, 0.3) is 0 Å². The van der Waals surface area contributed by atoms with Crippen LogP contribution in [0.15, 0.2) is 54.6 Å². The van der Waals surface area contributed by atoms with E-state index in [1.54, 1.807) is 0 Å². The number of rotatable bonds is 6. The summed E-state index contributed by atoms with van der Waals surface area (Å²) >= 11 is 6.33. The average molecular weight is 486 g/mol. The van der Waals surface area contributed by atoms with Crippen LogP contribution in [0, 0.1) is 0 Å². The fraction of sp³-hybridized carbons (Fsp3) is 0.455. The molecule has 0 spiro atoms. The van der Waals surface area contributed by atoms with Crippen LogP contribution in [0.1, 0.15) is 44.3 Å². The van der Waals surface area contributed by atoms with Crippen LogP contribution in [-0.4, -0.2) is 30.7 Å². The zero-order valence-electron chi connectivity index (χ0n) is 15.7. The third-order valence-corrected chi connectivity index (χ3v) is 6.10. The SMILES string of the molecule is CC1CCCC[N+]1(C)CCC(Oc1ccccc1Cl)c1ccccc1.[I-]. The fourth-order valence-corrected chi connectivity index (χ4v) is 4.02. The molecule has 2 aromatic carbocycles. The minimum atomic E-state index is 0. The van der Waals surface area contributed by atoms with Gasteiger partial charge in [-0.2, -0.15) is 0 Å². The molecule has 0 aliphatic carbocycles. The molecule has 0 radical (unpaired) electrons. The lowest BCUT2D eigenvalue weighted by molar-refractivity contribution is -0.936. The van der Waals surface area contributed by atoms with Crippen LogP contribution >= 0.6 is 11.6 Å². The second-order valence-electron chi connectivity index (χ2n) is 7.51. The second kappa shape index (κ2) is 9.95. The Kier molecular flexibility index (Phi) is 8.24. The maximum Gasteiger partial charge on any atom is 0.138 e. The summed E-state index contributed by atoms with van der Waals surface area (Å²) in [4.78, 5) is 0. The number of nitrogens with zero attached hydrogens (tertiary/aromatic N) is 1. The number of benzene rings is 2. The highest BCUT2D eigenvalue weighted by molar-refractivity contribution is 6.32. The molecule has 4 heteroatoms. The number of piperidine rings is 1. The minimum Gasteiger partial charge on any atom is -1.00 e. The van der Waals surface area contributed by atoms with E-state index in [-0.39, 0.29) is 30.1 Å². The van der Waals surface area contributed by atoms with Crippen molar-refractivity contribution in [3.63, 3.8) is 0 Å². The zero-order valence-corrected chi connectivity index (χ0v) is 18.6. The van der Waals surface area contributed by atoms with Crippen molar-refractivity contribution in [3.8, 4) is 5.75 Å². The highest BCUT2D eigenvalue weighted by Crippen LogP contribution is 2.32. The summed E-state index contributed by atoms with van der Waals surface area (Å²) in [5.74, 6) is 0.771. The molecule has 3 unspecified atom stereocenters. The Hall–Kier alpha value is -0.780. The lowest BCUT2D eigenvalue weighted by Crippen LogP contribution is -3.00. The van der Waals surface area contributed by atoms with E-state index in [0.29, 0.717) is 5.02 Å². The van der Waals surface area contributed by atoms with E-state index in [9.17, 15) is 0 Å². The van der Waals surface area contributed by atoms with Crippen LogP contribution in [0.5, 0.6) is 5.75 Å². The Morgan fingerprint density at radius 1 is 1.08 bits per heavy atom. The first kappa shape index (κ1) is 21.5. The van der Waals surface area contributed by atoms with Crippen molar-refractivity contribution in [3.05, 3.63) is 65.2 Å². The standard InChI is InChI=1S/C22H29ClNO.HI/c1-18-10-8-9-16-24(18,2)17-15-21(19-11-4-3-5-12-19)25-22-14-7-6-13-20(22)23;/h3-7,11-14,18,21H,8-10,15-17H2,1-2H3;1H/q+1;/p-1. The first-order valence-electron chi connectivity index (χ1n) is 9.39. The van der Waals surface area contributed by atoms with Gasteiger partial charge in [0.25, 0.3) is 0 Å². The molecule has 0 bridgehead atoms. The molecule has 3 atom stereocenters. The smallest absolute Gasteiger partial charge is 0.138 e. The van der Waals surface area contributed by atoms with E-state index in [1.807, 2.05) is 24.3 Å². The van der Waals surface area contributed by atoms with Crippen molar-refractivity contribution < 1.29 is 33.2 Å². The number of quaternary nitrogens is 1. The quantitative estimate of drug-likeness (QED) is 0.452. The van der Waals surface area contributed by atoms with Crippen LogP contribution in [0.2, 0.25) is 5.02 Å². The van der Waals surface area contributed by atoms with E-state index >= 15 is 0 Å². The molecule has 26 heavy (non-hydrogen) atoms. The van der Waals surface area contributed by atoms with Gasteiger partial charge in [0.05, 0.1) is 31.2 Å². The lowest BCUT2D eigenvalue weighted by atomic mass is 9.98. The molecule has 1 saturated heterocycles. The van der Waals surface area contributed by atoms with Crippen molar-refractivity contribution in [2.75, 3.05) is 20.1 Å². The predicted octanol–water partition coefficient (Wildman–Crippen LogP) is 2.87. The molecule has 0 saturated carbocycles. The van der Waals surface area contributed by atoms with Crippen LogP contribution in [0.3, 0.4) is 0 Å². The summed E-state index contributed by atoms with van der Waals surface area (Å²) < 4.78 is 7.51. The summed E-state index contributed by atoms with van der Waals surface area (Å²) in [5.41, 5.74) is 1.22. The van der Waals surface area contributed by atoms with E-state index in [1.165, 1.54) is 31.4 Å². The summed E-state index contributed by atoms with van der Waals surface area (Å²) in [6, 6.07) is 19.0. The molecule has 1 aliphatic rings. The van der Waals surface area contributed by atoms with Crippen molar-refractivity contribution in [1.82, 2.24) is 0 Å². The molecular weight excluding hydrogens is 457 g/mol. The lowest BCUT2D eigenvalue weighted by Gasteiger charge is -2.44. The number of likely N-dealkylation sites (tertiary alicyclic amines) is 1. The molecule has 0 amide bonds. The number of halogens is 2. The highest BCUT2D eigenvalue weighted by atomic mass is 127. The summed E-state index contributed by atoms with van der Waals surface area (Å²) in [6.45, 7) is 4.80. The fourth-order valence-electron chi connectivity index (χ4n) is 3.84. The first-order chi connectivity index (χ1) is 12.1. The Morgan fingerprint density at radius 2 is 1.77 bits per heavy atom. The third kappa shape index (κ3) is 5.37. The molecular formula is C22H29ClINO. The molecule has 1 aliphatic heterocycles. The topological polar surface area (TPSA) is 9.23 Å². The predicted molar refractivity (Wildman–Crippen MR) is 105 cm³/mol. The summed E-state index contributed by atoms with van der Waals surface area (Å²) in [5, 5.41) is 0.676. The Morgan fingerprint density at radius 3 is 2.46 bits per heavy atom. The van der Waals surface area contributed by atoms with Crippen molar-refractivity contribution in [1.29, 1.82) is 0 Å². The summed E-state index contributed by atoms with van der Waals surface area (Å²) in [7, 11) is 2.40. The van der Waals surface area contributed by atoms with Gasteiger partial charge in [0, 0.05) is 6.42 Å². The average Bonchev–Trinajstić information content (AvgIpc) is 2.63. The van der Waals surface area contributed by atoms with Crippen LogP contribution in [-0.2, 0) is 0 Å². The van der Waals surface area contributed by atoms with Gasteiger partial charge >= 0.3 is 0 Å². The van der Waals surface area contributed by atoms with E-state index in [2.05, 4.69) is 44.3 Å². The molecule has 1 heterocycles. The molecule has 3 rings (SSSR count). The van der Waals surface area contributed by atoms with Gasteiger partial charge in [0.15, 0.2) is 0 Å². The number of hydrogen-bond donors (Lipinski definition) is 0. The molecule has 2 nitrogen and oxygen atoms in total. The Bertz CT molecular complexity index is 681. The number of para-hydroxylation sites is 1. The van der Waals surface area contributed by atoms with E-state index in [4.69, 9.17) is 16.3 Å². The van der Waals surface area contributed by atoms with Gasteiger partial charge in [-0.3, -0.25) is 0 Å². The third-order valence-electron chi connectivity index (χ3n) is 5.78. The highest BCUT2D eigenvalue weighted by Gasteiger charge is 2.33. The molecule has 0 aromatic heterocycles. The Labute approximate surface area is 180 Å². The van der Waals surface area contributed by atoms with Gasteiger partial charge in [-0.1, -0.05) is 54.1 Å². The van der Waals surface area contributed by atoms with Crippen molar-refractivity contribution >= 4 is 11.6 Å². The molecule has 142 valence electrons. The molecule has 0 N–H and O–H groups in total. The van der Waals surface area contributed by atoms with E-state index < -0.39 is 0 Å². The monoisotopic (exact) mass is 485 g/mol. The summed E-state index contributed by atoms with van der Waals surface area (Å²) in [6.07, 6.45) is 5.06. The van der Waals surface area contributed by atoms with Crippen LogP contribution < -0.4 is 28.7 Å². The minimum absolute atomic E-state index is 0. The zero-order chi connectivity index (χ0) is 17.7. The molecule has 2 aromatic rings. The van der Waals surface area contributed by atoms with E-state index in [0.717, 1.165) is 29.2 Å². The van der Waals surface area contributed by atoms with Gasteiger partial charge in [-0.25, -0.2) is 0 Å². The van der Waals surface area contributed by atoms with Crippen molar-refractivity contribution in [2.45, 2.75) is 44.8 Å². The maximum atomic E-state index is 6.36. The first-order valence-corrected chi connectivity index (χ1v) is 9.77. The molecule has 1 fully saturated rings. The van der Waals surface area contributed by atoms with Gasteiger partial charge in [0.1, 0.15) is 11.9 Å². The van der Waals surface area contributed by atoms with Crippen molar-refractivity contribution in [2.24, 2.45) is 0 Å². The second-order valence-corrected chi connectivity index (χ2v) is 7.91.